The van der Waals surface area contributed by atoms with Crippen molar-refractivity contribution >= 4 is 11.8 Å². The van der Waals surface area contributed by atoms with Crippen LogP contribution in [-0.4, -0.2) is 25.0 Å². The Kier molecular flexibility index (Phi) is 6.03. The fraction of sp³-hybridized carbons (Fsp3) is 0.467. The Labute approximate surface area is 118 Å². The number of benzene rings is 1. The standard InChI is InChI=1S/C15H20O5/c1-5-18-14-7-12(10(3)16)8-15(19-6-2)13(14)9-20-11(4)17/h7-8H,5-6,9H2,1-4H3. The highest BCUT2D eigenvalue weighted by atomic mass is 16.5. The van der Waals surface area contributed by atoms with E-state index in [1.807, 2.05) is 13.8 Å². The summed E-state index contributed by atoms with van der Waals surface area (Å²) >= 11 is 0. The smallest absolute Gasteiger partial charge is 0.302 e. The van der Waals surface area contributed by atoms with Gasteiger partial charge in [0.25, 0.3) is 0 Å². The van der Waals surface area contributed by atoms with Crippen LogP contribution in [0.1, 0.15) is 43.6 Å². The number of Topliss-reactive ketones (excluding diaryl/α,β-unsaturated/α-hetero) is 1. The summed E-state index contributed by atoms with van der Waals surface area (Å²) in [5, 5.41) is 0. The second kappa shape index (κ2) is 7.53. The molecule has 0 amide bonds. The van der Waals surface area contributed by atoms with Crippen LogP contribution in [0.15, 0.2) is 12.1 Å². The van der Waals surface area contributed by atoms with Crippen molar-refractivity contribution in [3.8, 4) is 11.5 Å². The Morgan fingerprint density at radius 3 is 1.85 bits per heavy atom. The van der Waals surface area contributed by atoms with Crippen molar-refractivity contribution in [1.82, 2.24) is 0 Å². The van der Waals surface area contributed by atoms with Gasteiger partial charge in [-0.15, -0.1) is 0 Å². The summed E-state index contributed by atoms with van der Waals surface area (Å²) in [4.78, 5) is 22.5. The summed E-state index contributed by atoms with van der Waals surface area (Å²) < 4.78 is 16.1. The molecule has 0 bridgehead atoms. The lowest BCUT2D eigenvalue weighted by atomic mass is 10.1. The third kappa shape index (κ3) is 4.26. The summed E-state index contributed by atoms with van der Waals surface area (Å²) in [5.41, 5.74) is 1.14. The number of ether oxygens (including phenoxy) is 3. The van der Waals surface area contributed by atoms with E-state index in [1.165, 1.54) is 13.8 Å². The molecule has 1 aromatic carbocycles. The lowest BCUT2D eigenvalue weighted by Gasteiger charge is -2.16. The van der Waals surface area contributed by atoms with Crippen LogP contribution in [0.4, 0.5) is 0 Å². The largest absolute Gasteiger partial charge is 0.493 e. The van der Waals surface area contributed by atoms with Gasteiger partial charge < -0.3 is 14.2 Å². The predicted molar refractivity (Wildman–Crippen MR) is 74.3 cm³/mol. The van der Waals surface area contributed by atoms with Gasteiger partial charge in [0.15, 0.2) is 5.78 Å². The lowest BCUT2D eigenvalue weighted by molar-refractivity contribution is -0.142. The van der Waals surface area contributed by atoms with E-state index in [4.69, 9.17) is 14.2 Å². The van der Waals surface area contributed by atoms with Gasteiger partial charge in [0.1, 0.15) is 18.1 Å². The van der Waals surface area contributed by atoms with E-state index in [0.717, 1.165) is 0 Å². The van der Waals surface area contributed by atoms with Gasteiger partial charge in [0.05, 0.1) is 18.8 Å². The minimum atomic E-state index is -0.384. The first kappa shape index (κ1) is 16.0. The molecule has 1 aromatic rings. The quantitative estimate of drug-likeness (QED) is 0.567. The van der Waals surface area contributed by atoms with Gasteiger partial charge >= 0.3 is 5.97 Å². The van der Waals surface area contributed by atoms with E-state index in [0.29, 0.717) is 35.8 Å². The number of carbonyl (C=O) groups is 2. The molecule has 0 unspecified atom stereocenters. The van der Waals surface area contributed by atoms with Gasteiger partial charge in [-0.05, 0) is 32.9 Å². The molecule has 0 spiro atoms. The van der Waals surface area contributed by atoms with E-state index >= 15 is 0 Å². The highest BCUT2D eigenvalue weighted by molar-refractivity contribution is 5.95. The molecular formula is C15H20O5. The molecule has 1 rings (SSSR count). The van der Waals surface area contributed by atoms with Gasteiger partial charge in [-0.2, -0.15) is 0 Å². The van der Waals surface area contributed by atoms with Crippen molar-refractivity contribution in [2.75, 3.05) is 13.2 Å². The molecule has 0 aliphatic rings. The van der Waals surface area contributed by atoms with E-state index in [2.05, 4.69) is 0 Å². The van der Waals surface area contributed by atoms with Crippen molar-refractivity contribution in [2.24, 2.45) is 0 Å². The monoisotopic (exact) mass is 280 g/mol. The zero-order valence-corrected chi connectivity index (χ0v) is 12.3. The Balaban J connectivity index is 3.25. The van der Waals surface area contributed by atoms with Gasteiger partial charge in [0, 0.05) is 12.5 Å². The van der Waals surface area contributed by atoms with Crippen LogP contribution in [-0.2, 0) is 16.1 Å². The highest BCUT2D eigenvalue weighted by Gasteiger charge is 2.16. The van der Waals surface area contributed by atoms with E-state index < -0.39 is 0 Å². The van der Waals surface area contributed by atoms with Gasteiger partial charge in [0.2, 0.25) is 0 Å². The molecule has 0 atom stereocenters. The maximum absolute atomic E-state index is 11.5. The number of carbonyl (C=O) groups excluding carboxylic acids is 2. The molecular weight excluding hydrogens is 260 g/mol. The van der Waals surface area contributed by atoms with E-state index in [1.54, 1.807) is 12.1 Å². The summed E-state index contributed by atoms with van der Waals surface area (Å²) in [7, 11) is 0. The van der Waals surface area contributed by atoms with Crippen LogP contribution in [0.5, 0.6) is 11.5 Å². The van der Waals surface area contributed by atoms with Crippen LogP contribution in [0, 0.1) is 0 Å². The molecule has 110 valence electrons. The second-order valence-corrected chi connectivity index (χ2v) is 4.15. The van der Waals surface area contributed by atoms with Gasteiger partial charge in [-0.3, -0.25) is 9.59 Å². The molecule has 0 fully saturated rings. The Morgan fingerprint density at radius 2 is 1.50 bits per heavy atom. The topological polar surface area (TPSA) is 61.8 Å². The minimum Gasteiger partial charge on any atom is -0.493 e. The first-order valence-electron chi connectivity index (χ1n) is 6.56. The summed E-state index contributed by atoms with van der Waals surface area (Å²) in [6.45, 7) is 7.45. The van der Waals surface area contributed by atoms with Gasteiger partial charge in [-0.25, -0.2) is 0 Å². The average molecular weight is 280 g/mol. The first-order chi connectivity index (χ1) is 9.49. The molecule has 0 heterocycles. The van der Waals surface area contributed by atoms with Crippen molar-refractivity contribution in [3.63, 3.8) is 0 Å². The van der Waals surface area contributed by atoms with Crippen molar-refractivity contribution < 1.29 is 23.8 Å². The summed E-state index contributed by atoms with van der Waals surface area (Å²) in [5.74, 6) is 0.547. The zero-order chi connectivity index (χ0) is 15.1. The van der Waals surface area contributed by atoms with E-state index in [-0.39, 0.29) is 18.4 Å². The molecule has 0 aromatic heterocycles. The molecule has 0 N–H and O–H groups in total. The maximum atomic E-state index is 11.5. The average Bonchev–Trinajstić information content (AvgIpc) is 2.37. The summed E-state index contributed by atoms with van der Waals surface area (Å²) in [6.07, 6.45) is 0. The van der Waals surface area contributed by atoms with Crippen LogP contribution in [0.3, 0.4) is 0 Å². The minimum absolute atomic E-state index is 0.0538. The Bertz CT molecular complexity index is 466. The predicted octanol–water partition coefficient (Wildman–Crippen LogP) is 2.75. The van der Waals surface area contributed by atoms with Crippen LogP contribution in [0.2, 0.25) is 0 Å². The van der Waals surface area contributed by atoms with Crippen LogP contribution < -0.4 is 9.47 Å². The van der Waals surface area contributed by atoms with Crippen molar-refractivity contribution in [1.29, 1.82) is 0 Å². The molecule has 20 heavy (non-hydrogen) atoms. The van der Waals surface area contributed by atoms with Crippen molar-refractivity contribution in [3.05, 3.63) is 23.3 Å². The number of hydrogen-bond donors (Lipinski definition) is 0. The molecule has 0 saturated carbocycles. The maximum Gasteiger partial charge on any atom is 0.302 e. The second-order valence-electron chi connectivity index (χ2n) is 4.15. The zero-order valence-electron chi connectivity index (χ0n) is 12.3. The fourth-order valence-electron chi connectivity index (χ4n) is 1.71. The summed E-state index contributed by atoms with van der Waals surface area (Å²) in [6, 6.07) is 3.29. The third-order valence-corrected chi connectivity index (χ3v) is 2.59. The molecule has 0 aliphatic heterocycles. The van der Waals surface area contributed by atoms with Crippen molar-refractivity contribution in [2.45, 2.75) is 34.3 Å². The molecule has 5 nitrogen and oxygen atoms in total. The molecule has 0 saturated heterocycles. The normalized spacial score (nSPS) is 10.0. The van der Waals surface area contributed by atoms with E-state index in [9.17, 15) is 9.59 Å². The SMILES string of the molecule is CCOc1cc(C(C)=O)cc(OCC)c1COC(C)=O. The number of ketones is 1. The number of hydrogen-bond acceptors (Lipinski definition) is 5. The lowest BCUT2D eigenvalue weighted by Crippen LogP contribution is -2.07. The van der Waals surface area contributed by atoms with Crippen LogP contribution in [0.25, 0.3) is 0 Å². The number of esters is 1. The fourth-order valence-corrected chi connectivity index (χ4v) is 1.71. The Hall–Kier alpha value is -2.04. The third-order valence-electron chi connectivity index (χ3n) is 2.59. The molecule has 0 aliphatic carbocycles. The Morgan fingerprint density at radius 1 is 1.00 bits per heavy atom. The first-order valence-corrected chi connectivity index (χ1v) is 6.56. The molecule has 0 radical (unpaired) electrons. The van der Waals surface area contributed by atoms with Crippen LogP contribution >= 0.6 is 0 Å². The highest BCUT2D eigenvalue weighted by Crippen LogP contribution is 2.32. The van der Waals surface area contributed by atoms with Gasteiger partial charge in [-0.1, -0.05) is 0 Å². The molecule has 5 heteroatoms. The number of rotatable bonds is 7.